The van der Waals surface area contributed by atoms with E-state index in [9.17, 15) is 9.59 Å². The largest absolute Gasteiger partial charge is 0.292 e. The normalized spacial score (nSPS) is 18.2. The molecule has 0 aliphatic carbocycles. The Labute approximate surface area is 101 Å². The minimum atomic E-state index is -0.222. The number of carbonyl (C=O) groups is 2. The van der Waals surface area contributed by atoms with E-state index in [4.69, 9.17) is 0 Å². The fourth-order valence-electron chi connectivity index (χ4n) is 1.96. The fourth-order valence-corrected chi connectivity index (χ4v) is 1.96. The molecule has 88 valence electrons. The summed E-state index contributed by atoms with van der Waals surface area (Å²) in [6.07, 6.45) is 1.96. The summed E-state index contributed by atoms with van der Waals surface area (Å²) in [7, 11) is 0. The average Bonchev–Trinajstić information content (AvgIpc) is 2.67. The highest BCUT2D eigenvalue weighted by molar-refractivity contribution is 6.13. The number of amides is 2. The van der Waals surface area contributed by atoms with Gasteiger partial charge in [-0.2, -0.15) is 0 Å². The average molecular weight is 229 g/mol. The Bertz CT molecular complexity index is 474. The van der Waals surface area contributed by atoms with Gasteiger partial charge >= 0.3 is 0 Å². The van der Waals surface area contributed by atoms with E-state index in [1.54, 1.807) is 0 Å². The molecule has 1 fully saturated rings. The van der Waals surface area contributed by atoms with Crippen LogP contribution in [-0.2, 0) is 16.0 Å². The van der Waals surface area contributed by atoms with E-state index >= 15 is 0 Å². The van der Waals surface area contributed by atoms with Crippen LogP contribution in [0.5, 0.6) is 0 Å². The Kier molecular flexibility index (Phi) is 3.38. The first-order chi connectivity index (χ1) is 8.16. The first-order valence-corrected chi connectivity index (χ1v) is 5.73. The van der Waals surface area contributed by atoms with Crippen molar-refractivity contribution in [2.24, 2.45) is 0 Å². The Morgan fingerprint density at radius 2 is 1.94 bits per heavy atom. The second-order valence-corrected chi connectivity index (χ2v) is 4.30. The maximum absolute atomic E-state index is 11.4. The summed E-state index contributed by atoms with van der Waals surface area (Å²) in [6.45, 7) is 1.93. The van der Waals surface area contributed by atoms with Crippen molar-refractivity contribution in [1.82, 2.24) is 5.32 Å². The van der Waals surface area contributed by atoms with Gasteiger partial charge in [-0.15, -0.1) is 0 Å². The summed E-state index contributed by atoms with van der Waals surface area (Å²) in [6, 6.07) is 10.1. The number of aryl methyl sites for hydroxylation is 1. The number of rotatable bonds is 3. The number of hydrogen-bond donors (Lipinski definition) is 1. The van der Waals surface area contributed by atoms with Crippen LogP contribution in [0.4, 0.5) is 0 Å². The summed E-state index contributed by atoms with van der Waals surface area (Å²) < 4.78 is 0. The number of carbonyl (C=O) groups excluding carboxylic acids is 2. The van der Waals surface area contributed by atoms with Crippen LogP contribution in [0.15, 0.2) is 41.5 Å². The second kappa shape index (κ2) is 4.95. The van der Waals surface area contributed by atoms with Crippen molar-refractivity contribution in [1.29, 1.82) is 0 Å². The topological polar surface area (TPSA) is 46.2 Å². The van der Waals surface area contributed by atoms with Crippen LogP contribution in [0.1, 0.15) is 25.3 Å². The third kappa shape index (κ3) is 2.81. The van der Waals surface area contributed by atoms with Gasteiger partial charge in [-0.25, -0.2) is 0 Å². The molecule has 1 N–H and O–H groups in total. The smallest absolute Gasteiger partial charge is 0.254 e. The molecule has 0 unspecified atom stereocenters. The molecule has 0 spiro atoms. The van der Waals surface area contributed by atoms with E-state index in [2.05, 4.69) is 17.4 Å². The van der Waals surface area contributed by atoms with Crippen molar-refractivity contribution in [2.45, 2.75) is 26.2 Å². The quantitative estimate of drug-likeness (QED) is 0.636. The minimum absolute atomic E-state index is 0.191. The fraction of sp³-hybridized carbons (Fsp3) is 0.286. The molecule has 2 amide bonds. The summed E-state index contributed by atoms with van der Waals surface area (Å²) in [5, 5.41) is 2.31. The molecule has 0 atom stereocenters. The lowest BCUT2D eigenvalue weighted by Crippen LogP contribution is -2.19. The van der Waals surface area contributed by atoms with Gasteiger partial charge in [-0.3, -0.25) is 14.9 Å². The van der Waals surface area contributed by atoms with Crippen LogP contribution in [-0.4, -0.2) is 11.8 Å². The Hall–Kier alpha value is -1.90. The molecule has 0 saturated carbocycles. The number of allylic oxidation sites excluding steroid dienone is 1. The highest BCUT2D eigenvalue weighted by Crippen LogP contribution is 2.18. The zero-order valence-corrected chi connectivity index (χ0v) is 9.82. The van der Waals surface area contributed by atoms with Crippen molar-refractivity contribution in [2.75, 3.05) is 0 Å². The Balaban J connectivity index is 2.02. The molecular weight excluding hydrogens is 214 g/mol. The monoisotopic (exact) mass is 229 g/mol. The molecule has 1 aliphatic rings. The highest BCUT2D eigenvalue weighted by atomic mass is 16.2. The maximum atomic E-state index is 11.4. The molecule has 1 heterocycles. The lowest BCUT2D eigenvalue weighted by Gasteiger charge is -2.04. The standard InChI is InChI=1S/C14H15NO2/c1-10(12-9-13(16)15-14(12)17)7-8-11-5-3-2-4-6-11/h2-6H,7-9H2,1H3,(H,15,16,17). The predicted octanol–water partition coefficient (Wildman–Crippen LogP) is 1.98. The van der Waals surface area contributed by atoms with Gasteiger partial charge in [0.15, 0.2) is 0 Å². The lowest BCUT2D eigenvalue weighted by molar-refractivity contribution is -0.124. The van der Waals surface area contributed by atoms with Gasteiger partial charge in [0.1, 0.15) is 0 Å². The maximum Gasteiger partial charge on any atom is 0.254 e. The minimum Gasteiger partial charge on any atom is -0.292 e. The molecule has 17 heavy (non-hydrogen) atoms. The Morgan fingerprint density at radius 3 is 2.53 bits per heavy atom. The summed E-state index contributed by atoms with van der Waals surface area (Å²) in [5.74, 6) is -0.412. The van der Waals surface area contributed by atoms with Gasteiger partial charge in [0.25, 0.3) is 5.91 Å². The van der Waals surface area contributed by atoms with E-state index in [0.717, 1.165) is 18.4 Å². The molecule has 1 aromatic rings. The van der Waals surface area contributed by atoms with Crippen molar-refractivity contribution in [3.8, 4) is 0 Å². The number of hydrogen-bond acceptors (Lipinski definition) is 2. The molecule has 1 saturated heterocycles. The van der Waals surface area contributed by atoms with Gasteiger partial charge in [0.05, 0.1) is 6.42 Å². The zero-order valence-electron chi connectivity index (χ0n) is 9.82. The van der Waals surface area contributed by atoms with E-state index in [1.165, 1.54) is 5.56 Å². The van der Waals surface area contributed by atoms with Gasteiger partial charge in [0.2, 0.25) is 5.91 Å². The van der Waals surface area contributed by atoms with Crippen LogP contribution in [0, 0.1) is 0 Å². The van der Waals surface area contributed by atoms with Gasteiger partial charge < -0.3 is 0 Å². The molecule has 2 rings (SSSR count). The molecule has 0 bridgehead atoms. The first-order valence-electron chi connectivity index (χ1n) is 5.73. The molecule has 3 nitrogen and oxygen atoms in total. The number of imide groups is 1. The van der Waals surface area contributed by atoms with E-state index in [0.29, 0.717) is 5.57 Å². The number of benzene rings is 1. The third-order valence-corrected chi connectivity index (χ3v) is 3.01. The lowest BCUT2D eigenvalue weighted by atomic mass is 10.0. The number of nitrogens with one attached hydrogen (secondary N) is 1. The Morgan fingerprint density at radius 1 is 1.24 bits per heavy atom. The summed E-state index contributed by atoms with van der Waals surface area (Å²) >= 11 is 0. The molecule has 1 aromatic carbocycles. The molecule has 1 aliphatic heterocycles. The summed E-state index contributed by atoms with van der Waals surface area (Å²) in [5.41, 5.74) is 2.90. The van der Waals surface area contributed by atoms with Crippen molar-refractivity contribution < 1.29 is 9.59 Å². The molecule has 0 aromatic heterocycles. The molecular formula is C14H15NO2. The van der Waals surface area contributed by atoms with E-state index in [-0.39, 0.29) is 18.2 Å². The third-order valence-electron chi connectivity index (χ3n) is 3.01. The SMILES string of the molecule is CC(CCc1ccccc1)=C1CC(=O)NC1=O. The molecule has 0 radical (unpaired) electrons. The van der Waals surface area contributed by atoms with Crippen LogP contribution in [0.2, 0.25) is 0 Å². The van der Waals surface area contributed by atoms with Gasteiger partial charge in [0, 0.05) is 5.57 Å². The van der Waals surface area contributed by atoms with Crippen molar-refractivity contribution in [3.05, 3.63) is 47.0 Å². The zero-order chi connectivity index (χ0) is 12.3. The first kappa shape index (κ1) is 11.6. The van der Waals surface area contributed by atoms with E-state index in [1.807, 2.05) is 25.1 Å². The van der Waals surface area contributed by atoms with Crippen LogP contribution < -0.4 is 5.32 Å². The predicted molar refractivity (Wildman–Crippen MR) is 65.2 cm³/mol. The van der Waals surface area contributed by atoms with Gasteiger partial charge in [-0.1, -0.05) is 35.9 Å². The summed E-state index contributed by atoms with van der Waals surface area (Å²) in [4.78, 5) is 22.5. The highest BCUT2D eigenvalue weighted by Gasteiger charge is 2.25. The van der Waals surface area contributed by atoms with E-state index < -0.39 is 0 Å². The van der Waals surface area contributed by atoms with Gasteiger partial charge in [-0.05, 0) is 25.3 Å². The van der Waals surface area contributed by atoms with Crippen LogP contribution in [0.3, 0.4) is 0 Å². The van der Waals surface area contributed by atoms with Crippen molar-refractivity contribution >= 4 is 11.8 Å². The van der Waals surface area contributed by atoms with Crippen molar-refractivity contribution in [3.63, 3.8) is 0 Å². The molecule has 3 heteroatoms. The van der Waals surface area contributed by atoms with Crippen LogP contribution >= 0.6 is 0 Å². The van der Waals surface area contributed by atoms with Crippen LogP contribution in [0.25, 0.3) is 0 Å². The second-order valence-electron chi connectivity index (χ2n) is 4.30.